The van der Waals surface area contributed by atoms with Crippen LogP contribution in [0.15, 0.2) is 180 Å². The Morgan fingerprint density at radius 2 is 1.27 bits per heavy atom. The van der Waals surface area contributed by atoms with Crippen LogP contribution in [0, 0.1) is 0 Å². The van der Waals surface area contributed by atoms with Crippen molar-refractivity contribution in [2.24, 2.45) is 0 Å². The molecule has 0 atom stereocenters. The lowest BCUT2D eigenvalue weighted by molar-refractivity contribution is 0.620. The lowest BCUT2D eigenvalue weighted by atomic mass is 9.59. The van der Waals surface area contributed by atoms with Gasteiger partial charge in [-0.15, -0.1) is 0 Å². The number of nitrogens with zero attached hydrogens (tertiary/aromatic N) is 3. The van der Waals surface area contributed by atoms with Gasteiger partial charge in [-0.2, -0.15) is 0 Å². The predicted octanol–water partition coefficient (Wildman–Crippen LogP) is 11.1. The first kappa shape index (κ1) is 30.2. The number of nitrogens with one attached hydrogen (secondary N) is 1. The second-order valence-corrected chi connectivity index (χ2v) is 14.4. The maximum atomic E-state index is 6.47. The van der Waals surface area contributed by atoms with Crippen LogP contribution in [-0.4, -0.2) is 21.8 Å². The van der Waals surface area contributed by atoms with Crippen LogP contribution < -0.4 is 15.8 Å². The molecule has 6 heteroatoms. The summed E-state index contributed by atoms with van der Waals surface area (Å²) >= 11 is 0. The fourth-order valence-corrected chi connectivity index (χ4v) is 8.98. The summed E-state index contributed by atoms with van der Waals surface area (Å²) in [7, 11) is 0.738. The van der Waals surface area contributed by atoms with Gasteiger partial charge in [-0.3, -0.25) is 0 Å². The average Bonchev–Trinajstić information content (AvgIpc) is 3.95. The molecule has 8 aromatic carbocycles. The van der Waals surface area contributed by atoms with Crippen molar-refractivity contribution in [2.45, 2.75) is 0 Å². The van der Waals surface area contributed by atoms with Gasteiger partial charge in [-0.25, -0.2) is 4.98 Å². The normalized spacial score (nSPS) is 12.1. The van der Waals surface area contributed by atoms with E-state index in [1.807, 2.05) is 30.3 Å². The second-order valence-electron chi connectivity index (χ2n) is 14.4. The Hall–Kier alpha value is -7.31. The highest BCUT2D eigenvalue weighted by atomic mass is 16.3. The van der Waals surface area contributed by atoms with Crippen molar-refractivity contribution in [3.8, 4) is 28.3 Å². The topological polar surface area (TPSA) is 50.0 Å². The standard InChI is InChI=1S/C49H31BN4O/c1-4-15-30(16-5-1)49-52-40-29-42-38(28-44(40)55-49)50-46-37(35-24-14-23-34-33-21-10-12-25-39(33)51-47(34)35)27-43(45-36-22-11-13-26-41(36)54(42)48(45)46)53(31-17-6-2-7-18-31)32-19-8-3-9-20-32/h1-29,50-51H. The summed E-state index contributed by atoms with van der Waals surface area (Å²) in [6, 6.07) is 62.7. The summed E-state index contributed by atoms with van der Waals surface area (Å²) < 4.78 is 8.96. The molecule has 3 aromatic heterocycles. The first-order valence-corrected chi connectivity index (χ1v) is 18.8. The van der Waals surface area contributed by atoms with Crippen LogP contribution in [0.1, 0.15) is 0 Å². The number of hydrogen-bond donors (Lipinski definition) is 1. The SMILES string of the molecule is B1c2cc3oc(-c4ccccc4)nc3cc2-n2c3ccccc3c3c(N(c4ccccc4)c4ccccc4)cc(-c4cccc5c4[nH]c4ccccc45)c1c32. The van der Waals surface area contributed by atoms with Crippen LogP contribution in [0.25, 0.3) is 83.0 Å². The molecule has 0 saturated carbocycles. The number of aromatic nitrogens is 3. The Bertz CT molecular complexity index is 3250. The summed E-state index contributed by atoms with van der Waals surface area (Å²) in [5.74, 6) is 0.632. The Morgan fingerprint density at radius 1 is 0.600 bits per heavy atom. The highest BCUT2D eigenvalue weighted by Gasteiger charge is 2.31. The summed E-state index contributed by atoms with van der Waals surface area (Å²) in [5, 5.41) is 4.88. The van der Waals surface area contributed by atoms with Gasteiger partial charge in [-0.05, 0) is 77.8 Å². The maximum Gasteiger partial charge on any atom is 0.227 e. The number of oxazole rings is 1. The maximum absolute atomic E-state index is 6.47. The van der Waals surface area contributed by atoms with Crippen molar-refractivity contribution in [3.05, 3.63) is 176 Å². The van der Waals surface area contributed by atoms with Crippen LogP contribution in [0.4, 0.5) is 17.1 Å². The van der Waals surface area contributed by atoms with E-state index in [0.717, 1.165) is 63.2 Å². The highest BCUT2D eigenvalue weighted by Crippen LogP contribution is 2.47. The van der Waals surface area contributed by atoms with Crippen molar-refractivity contribution in [1.29, 1.82) is 0 Å². The molecule has 0 aliphatic carbocycles. The van der Waals surface area contributed by atoms with E-state index in [0.29, 0.717) is 5.89 Å². The fraction of sp³-hybridized carbons (Fsp3) is 0. The number of fused-ring (bicyclic) bond motifs is 9. The largest absolute Gasteiger partial charge is 0.436 e. The highest BCUT2D eigenvalue weighted by molar-refractivity contribution is 6.74. The van der Waals surface area contributed by atoms with Gasteiger partial charge in [0, 0.05) is 55.3 Å². The summed E-state index contributed by atoms with van der Waals surface area (Å²) in [5.41, 5.74) is 16.6. The van der Waals surface area contributed by atoms with Gasteiger partial charge in [0.25, 0.3) is 0 Å². The van der Waals surface area contributed by atoms with E-state index in [1.165, 1.54) is 49.1 Å². The molecule has 0 bridgehead atoms. The minimum absolute atomic E-state index is 0.632. The molecule has 55 heavy (non-hydrogen) atoms. The zero-order chi connectivity index (χ0) is 36.0. The van der Waals surface area contributed by atoms with Gasteiger partial charge >= 0.3 is 0 Å². The minimum atomic E-state index is 0.632. The van der Waals surface area contributed by atoms with Crippen LogP contribution in [0.2, 0.25) is 0 Å². The molecule has 0 saturated heterocycles. The molecule has 5 nitrogen and oxygen atoms in total. The van der Waals surface area contributed by atoms with Gasteiger partial charge in [-0.1, -0.05) is 115 Å². The molecule has 0 radical (unpaired) electrons. The van der Waals surface area contributed by atoms with Crippen molar-refractivity contribution in [2.75, 3.05) is 4.90 Å². The third kappa shape index (κ3) is 4.46. The number of aromatic amines is 1. The molecule has 1 aliphatic rings. The van der Waals surface area contributed by atoms with E-state index in [-0.39, 0.29) is 0 Å². The van der Waals surface area contributed by atoms with Crippen LogP contribution in [0.5, 0.6) is 0 Å². The summed E-state index contributed by atoms with van der Waals surface area (Å²) in [6.07, 6.45) is 0. The zero-order valence-corrected chi connectivity index (χ0v) is 29.7. The van der Waals surface area contributed by atoms with Gasteiger partial charge in [0.1, 0.15) is 5.52 Å². The summed E-state index contributed by atoms with van der Waals surface area (Å²) in [6.45, 7) is 0. The minimum Gasteiger partial charge on any atom is -0.436 e. The number of rotatable bonds is 5. The smallest absolute Gasteiger partial charge is 0.227 e. The van der Waals surface area contributed by atoms with Gasteiger partial charge < -0.3 is 18.9 Å². The van der Waals surface area contributed by atoms with Crippen LogP contribution in [-0.2, 0) is 0 Å². The van der Waals surface area contributed by atoms with Crippen LogP contribution >= 0.6 is 0 Å². The zero-order valence-electron chi connectivity index (χ0n) is 29.7. The van der Waals surface area contributed by atoms with E-state index in [2.05, 4.69) is 160 Å². The molecular formula is C49H31BN4O. The molecule has 1 N–H and O–H groups in total. The Balaban J connectivity index is 1.23. The molecule has 1 aliphatic heterocycles. The van der Waals surface area contributed by atoms with Gasteiger partial charge in [0.2, 0.25) is 5.89 Å². The summed E-state index contributed by atoms with van der Waals surface area (Å²) in [4.78, 5) is 11.3. The third-order valence-corrected chi connectivity index (χ3v) is 11.3. The molecule has 12 rings (SSSR count). The van der Waals surface area contributed by atoms with E-state index in [4.69, 9.17) is 9.40 Å². The molecule has 0 fully saturated rings. The van der Waals surface area contributed by atoms with E-state index in [1.54, 1.807) is 0 Å². The Morgan fingerprint density at radius 3 is 2.05 bits per heavy atom. The number of anilines is 3. The first-order chi connectivity index (χ1) is 27.3. The van der Waals surface area contributed by atoms with E-state index in [9.17, 15) is 0 Å². The Labute approximate surface area is 317 Å². The number of hydrogen-bond acceptors (Lipinski definition) is 3. The Kier molecular flexibility index (Phi) is 6.36. The van der Waals surface area contributed by atoms with Crippen molar-refractivity contribution in [1.82, 2.24) is 14.5 Å². The monoisotopic (exact) mass is 702 g/mol. The molecule has 0 unspecified atom stereocenters. The van der Waals surface area contributed by atoms with Crippen LogP contribution in [0.3, 0.4) is 0 Å². The van der Waals surface area contributed by atoms with Gasteiger partial charge in [0.05, 0.1) is 22.2 Å². The number of benzene rings is 8. The molecule has 4 heterocycles. The van der Waals surface area contributed by atoms with E-state index >= 15 is 0 Å². The van der Waals surface area contributed by atoms with E-state index < -0.39 is 0 Å². The lowest BCUT2D eigenvalue weighted by Crippen LogP contribution is -2.37. The molecule has 0 amide bonds. The van der Waals surface area contributed by atoms with Crippen molar-refractivity contribution >= 4 is 90.0 Å². The van der Waals surface area contributed by atoms with Crippen molar-refractivity contribution < 1.29 is 4.42 Å². The quantitative estimate of drug-likeness (QED) is 0.182. The molecule has 0 spiro atoms. The molecular weight excluding hydrogens is 671 g/mol. The van der Waals surface area contributed by atoms with Gasteiger partial charge in [0.15, 0.2) is 12.9 Å². The first-order valence-electron chi connectivity index (χ1n) is 18.8. The predicted molar refractivity (Wildman–Crippen MR) is 230 cm³/mol. The lowest BCUT2D eigenvalue weighted by Gasteiger charge is -2.29. The number of H-pyrrole nitrogens is 1. The average molecular weight is 703 g/mol. The van der Waals surface area contributed by atoms with Crippen molar-refractivity contribution in [3.63, 3.8) is 0 Å². The molecule has 256 valence electrons. The second kappa shape index (κ2) is 11.6. The number of para-hydroxylation sites is 5. The molecule has 11 aromatic rings. The fourth-order valence-electron chi connectivity index (χ4n) is 8.98. The third-order valence-electron chi connectivity index (χ3n) is 11.3.